The van der Waals surface area contributed by atoms with E-state index in [4.69, 9.17) is 4.74 Å². The zero-order chi connectivity index (χ0) is 16.4. The molecule has 4 rings (SSSR count). The molecule has 2 aliphatic heterocycles. The first-order valence-electron chi connectivity index (χ1n) is 8.24. The molecule has 1 fully saturated rings. The van der Waals surface area contributed by atoms with Crippen molar-refractivity contribution in [1.82, 2.24) is 20.1 Å². The van der Waals surface area contributed by atoms with E-state index in [2.05, 4.69) is 15.2 Å². The van der Waals surface area contributed by atoms with Gasteiger partial charge in [0.05, 0.1) is 24.3 Å². The summed E-state index contributed by atoms with van der Waals surface area (Å²) < 4.78 is 6.13. The molecule has 0 aliphatic carbocycles. The Morgan fingerprint density at radius 3 is 2.92 bits per heavy atom. The second-order valence-electron chi connectivity index (χ2n) is 6.22. The Kier molecular flexibility index (Phi) is 4.28. The number of carbonyl (C=O) groups is 1. The van der Waals surface area contributed by atoms with Crippen molar-refractivity contribution in [1.29, 1.82) is 0 Å². The highest BCUT2D eigenvalue weighted by Gasteiger charge is 2.42. The van der Waals surface area contributed by atoms with Crippen LogP contribution in [0.25, 0.3) is 0 Å². The fourth-order valence-corrected chi connectivity index (χ4v) is 4.29. The van der Waals surface area contributed by atoms with E-state index in [1.807, 2.05) is 23.2 Å². The lowest BCUT2D eigenvalue weighted by Crippen LogP contribution is -2.48. The average Bonchev–Trinajstić information content (AvgIpc) is 3.12. The quantitative estimate of drug-likeness (QED) is 0.862. The van der Waals surface area contributed by atoms with Gasteiger partial charge in [-0.1, -0.05) is 0 Å². The minimum atomic E-state index is -0.279. The predicted molar refractivity (Wildman–Crippen MR) is 90.7 cm³/mol. The Balaban J connectivity index is 1.36. The number of hydrogen-bond donors (Lipinski definition) is 1. The topological polar surface area (TPSA) is 71.1 Å². The lowest BCUT2D eigenvalue weighted by molar-refractivity contribution is -0.138. The van der Waals surface area contributed by atoms with E-state index in [0.29, 0.717) is 5.75 Å². The van der Waals surface area contributed by atoms with Gasteiger partial charge in [-0.15, -0.1) is 11.8 Å². The van der Waals surface area contributed by atoms with Crippen molar-refractivity contribution in [3.05, 3.63) is 42.0 Å². The van der Waals surface area contributed by atoms with Crippen molar-refractivity contribution in [2.24, 2.45) is 0 Å². The lowest BCUT2D eigenvalue weighted by atomic mass is 9.84. The zero-order valence-corrected chi connectivity index (χ0v) is 14.2. The minimum absolute atomic E-state index is 0.187. The fourth-order valence-electron chi connectivity index (χ4n) is 3.51. The van der Waals surface area contributed by atoms with Gasteiger partial charge in [0.1, 0.15) is 5.60 Å². The molecule has 7 heteroatoms. The molecule has 4 heterocycles. The number of rotatable bonds is 3. The van der Waals surface area contributed by atoms with Crippen LogP contribution in [-0.4, -0.2) is 51.4 Å². The number of pyridine rings is 1. The number of aromatic amines is 1. The van der Waals surface area contributed by atoms with Gasteiger partial charge < -0.3 is 9.64 Å². The third kappa shape index (κ3) is 2.93. The number of amides is 1. The Morgan fingerprint density at radius 1 is 1.33 bits per heavy atom. The van der Waals surface area contributed by atoms with Crippen LogP contribution in [0, 0.1) is 0 Å². The predicted octanol–water partition coefficient (Wildman–Crippen LogP) is 1.99. The van der Waals surface area contributed by atoms with E-state index >= 15 is 0 Å². The van der Waals surface area contributed by atoms with Crippen molar-refractivity contribution in [2.75, 3.05) is 25.4 Å². The second kappa shape index (κ2) is 6.57. The van der Waals surface area contributed by atoms with Gasteiger partial charge >= 0.3 is 0 Å². The van der Waals surface area contributed by atoms with Crippen LogP contribution in [0.3, 0.4) is 0 Å². The van der Waals surface area contributed by atoms with Crippen LogP contribution in [0.4, 0.5) is 0 Å². The second-order valence-corrected chi connectivity index (χ2v) is 7.26. The number of likely N-dealkylation sites (tertiary alicyclic amines) is 1. The fraction of sp³-hybridized carbons (Fsp3) is 0.471. The van der Waals surface area contributed by atoms with Crippen molar-refractivity contribution < 1.29 is 9.53 Å². The molecule has 6 nitrogen and oxygen atoms in total. The molecule has 1 amide bonds. The number of carbonyl (C=O) groups excluding carboxylic acids is 1. The standard InChI is InChI=1S/C17H20N4O2S/c22-15(12-24-14-1-6-18-7-2-14)21-8-4-17(5-9-21)16-13(3-10-23-17)11-19-20-16/h1-2,6-7,11H,3-5,8-10,12H2,(H,19,20). The van der Waals surface area contributed by atoms with Gasteiger partial charge in [0.2, 0.25) is 5.91 Å². The summed E-state index contributed by atoms with van der Waals surface area (Å²) in [5, 5.41) is 7.30. The molecule has 0 atom stereocenters. The van der Waals surface area contributed by atoms with Gasteiger partial charge in [0.15, 0.2) is 0 Å². The number of ether oxygens (including phenoxy) is 1. The number of hydrogen-bond acceptors (Lipinski definition) is 5. The minimum Gasteiger partial charge on any atom is -0.368 e. The molecule has 0 aromatic carbocycles. The van der Waals surface area contributed by atoms with Crippen molar-refractivity contribution in [3.8, 4) is 0 Å². The zero-order valence-electron chi connectivity index (χ0n) is 13.4. The van der Waals surface area contributed by atoms with Crippen LogP contribution < -0.4 is 0 Å². The third-order valence-electron chi connectivity index (χ3n) is 4.86. The number of thioether (sulfide) groups is 1. The smallest absolute Gasteiger partial charge is 0.232 e. The molecule has 2 aromatic heterocycles. The molecule has 2 aliphatic rings. The molecule has 1 N–H and O–H groups in total. The number of nitrogens with zero attached hydrogens (tertiary/aromatic N) is 3. The first-order chi connectivity index (χ1) is 11.8. The van der Waals surface area contributed by atoms with Crippen LogP contribution in [0.15, 0.2) is 35.6 Å². The number of piperidine rings is 1. The molecular weight excluding hydrogens is 324 g/mol. The van der Waals surface area contributed by atoms with Gasteiger partial charge in [0.25, 0.3) is 0 Å². The highest BCUT2D eigenvalue weighted by Crippen LogP contribution is 2.40. The Labute approximate surface area is 145 Å². The van der Waals surface area contributed by atoms with Crippen LogP contribution in [0.5, 0.6) is 0 Å². The maximum Gasteiger partial charge on any atom is 0.232 e. The van der Waals surface area contributed by atoms with Gasteiger partial charge in [-0.3, -0.25) is 14.9 Å². The summed E-state index contributed by atoms with van der Waals surface area (Å²) in [5.74, 6) is 0.653. The summed E-state index contributed by atoms with van der Waals surface area (Å²) in [4.78, 5) is 19.5. The monoisotopic (exact) mass is 344 g/mol. The van der Waals surface area contributed by atoms with Gasteiger partial charge in [0, 0.05) is 30.4 Å². The molecule has 0 bridgehead atoms. The summed E-state index contributed by atoms with van der Waals surface area (Å²) in [6.07, 6.45) is 7.97. The lowest BCUT2D eigenvalue weighted by Gasteiger charge is -2.43. The third-order valence-corrected chi connectivity index (χ3v) is 5.86. The number of fused-ring (bicyclic) bond motifs is 2. The average molecular weight is 344 g/mol. The van der Waals surface area contributed by atoms with Crippen molar-refractivity contribution >= 4 is 17.7 Å². The molecule has 126 valence electrons. The van der Waals surface area contributed by atoms with E-state index in [0.717, 1.165) is 49.5 Å². The first-order valence-corrected chi connectivity index (χ1v) is 9.23. The molecule has 1 saturated heterocycles. The molecule has 0 radical (unpaired) electrons. The van der Waals surface area contributed by atoms with Crippen LogP contribution in [0.2, 0.25) is 0 Å². The van der Waals surface area contributed by atoms with E-state index in [1.165, 1.54) is 5.56 Å². The number of nitrogens with one attached hydrogen (secondary N) is 1. The number of aromatic nitrogens is 3. The summed E-state index contributed by atoms with van der Waals surface area (Å²) >= 11 is 1.56. The van der Waals surface area contributed by atoms with E-state index in [1.54, 1.807) is 24.2 Å². The maximum atomic E-state index is 12.5. The molecule has 2 aromatic rings. The van der Waals surface area contributed by atoms with Gasteiger partial charge in [-0.05, 0) is 37.0 Å². The molecule has 24 heavy (non-hydrogen) atoms. The Morgan fingerprint density at radius 2 is 2.12 bits per heavy atom. The highest BCUT2D eigenvalue weighted by molar-refractivity contribution is 8.00. The van der Waals surface area contributed by atoms with Crippen molar-refractivity contribution in [3.63, 3.8) is 0 Å². The van der Waals surface area contributed by atoms with Crippen LogP contribution >= 0.6 is 11.8 Å². The number of H-pyrrole nitrogens is 1. The Hall–Kier alpha value is -1.86. The molecule has 0 saturated carbocycles. The summed E-state index contributed by atoms with van der Waals surface area (Å²) in [6, 6.07) is 3.86. The normalized spacial score (nSPS) is 19.2. The summed E-state index contributed by atoms with van der Waals surface area (Å²) in [7, 11) is 0. The van der Waals surface area contributed by atoms with E-state index in [9.17, 15) is 4.79 Å². The maximum absolute atomic E-state index is 12.5. The van der Waals surface area contributed by atoms with Crippen LogP contribution in [0.1, 0.15) is 24.1 Å². The summed E-state index contributed by atoms with van der Waals surface area (Å²) in [6.45, 7) is 2.20. The van der Waals surface area contributed by atoms with E-state index < -0.39 is 0 Å². The largest absolute Gasteiger partial charge is 0.368 e. The van der Waals surface area contributed by atoms with Gasteiger partial charge in [-0.25, -0.2) is 0 Å². The first kappa shape index (κ1) is 15.7. The molecular formula is C17H20N4O2S. The molecule has 1 spiro atoms. The van der Waals surface area contributed by atoms with E-state index in [-0.39, 0.29) is 11.5 Å². The molecule has 0 unspecified atom stereocenters. The SMILES string of the molecule is O=C(CSc1ccncc1)N1CCC2(CC1)OCCc1cn[nH]c12. The van der Waals surface area contributed by atoms with Crippen molar-refractivity contribution in [2.45, 2.75) is 29.8 Å². The van der Waals surface area contributed by atoms with Gasteiger partial charge in [-0.2, -0.15) is 5.10 Å². The highest BCUT2D eigenvalue weighted by atomic mass is 32.2. The Bertz CT molecular complexity index is 710. The van der Waals surface area contributed by atoms with Crippen LogP contribution in [-0.2, 0) is 21.6 Å². The summed E-state index contributed by atoms with van der Waals surface area (Å²) in [5.41, 5.74) is 2.10.